The van der Waals surface area contributed by atoms with Gasteiger partial charge in [0.05, 0.1) is 11.0 Å². The highest BCUT2D eigenvalue weighted by Crippen LogP contribution is 2.29. The summed E-state index contributed by atoms with van der Waals surface area (Å²) < 4.78 is 25.7. The molecule has 9 heteroatoms. The van der Waals surface area contributed by atoms with Gasteiger partial charge >= 0.3 is 0 Å². The first-order valence-electron chi connectivity index (χ1n) is 6.20. The Morgan fingerprint density at radius 3 is 2.67 bits per heavy atom. The van der Waals surface area contributed by atoms with Gasteiger partial charge in [0, 0.05) is 38.3 Å². The number of nitro benzene ring substituents is 1. The van der Waals surface area contributed by atoms with Crippen molar-refractivity contribution in [3.05, 3.63) is 28.3 Å². The number of rotatable bonds is 7. The van der Waals surface area contributed by atoms with E-state index in [1.54, 1.807) is 0 Å². The Morgan fingerprint density at radius 2 is 2.14 bits per heavy atom. The molecule has 0 aliphatic carbocycles. The first-order chi connectivity index (χ1) is 9.84. The first-order valence-corrected chi connectivity index (χ1v) is 7.64. The maximum Gasteiger partial charge on any atom is 0.289 e. The van der Waals surface area contributed by atoms with E-state index in [2.05, 4.69) is 5.32 Å². The molecule has 0 bridgehead atoms. The topological polar surface area (TPSA) is 116 Å². The monoisotopic (exact) mass is 312 g/mol. The van der Waals surface area contributed by atoms with E-state index in [1.807, 2.05) is 13.0 Å². The number of nitro groups is 1. The second-order valence-electron chi connectivity index (χ2n) is 4.20. The average Bonchev–Trinajstić information content (AvgIpc) is 2.44. The van der Waals surface area contributed by atoms with Gasteiger partial charge in [-0.2, -0.15) is 9.57 Å². The van der Waals surface area contributed by atoms with Gasteiger partial charge in [-0.05, 0) is 19.1 Å². The Balaban J connectivity index is 3.34. The van der Waals surface area contributed by atoms with E-state index < -0.39 is 20.6 Å². The molecule has 1 aromatic rings. The lowest BCUT2D eigenvalue weighted by Gasteiger charge is -2.16. The van der Waals surface area contributed by atoms with Gasteiger partial charge in [-0.1, -0.05) is 0 Å². The highest BCUT2D eigenvalue weighted by molar-refractivity contribution is 7.89. The molecule has 0 amide bonds. The van der Waals surface area contributed by atoms with Gasteiger partial charge in [0.1, 0.15) is 0 Å². The minimum atomic E-state index is -4.03. The summed E-state index contributed by atoms with van der Waals surface area (Å²) in [6.07, 6.45) is 0.0103. The Hall–Kier alpha value is -2.18. The van der Waals surface area contributed by atoms with Crippen molar-refractivity contribution in [2.24, 2.45) is 0 Å². The zero-order valence-corrected chi connectivity index (χ0v) is 12.6. The SMILES string of the molecule is CCNc1ccc([N+](=O)[O-])c(S(=O)(=O)N(C)CCC#N)c1. The molecule has 0 heterocycles. The molecule has 1 rings (SSSR count). The fraction of sp³-hybridized carbons (Fsp3) is 0.417. The van der Waals surface area contributed by atoms with Gasteiger partial charge in [0.2, 0.25) is 10.0 Å². The Bertz CT molecular complexity index is 666. The van der Waals surface area contributed by atoms with Crippen LogP contribution in [0.25, 0.3) is 0 Å². The molecule has 8 nitrogen and oxygen atoms in total. The fourth-order valence-electron chi connectivity index (χ4n) is 1.68. The third kappa shape index (κ3) is 3.90. The molecular formula is C12H16N4O4S. The predicted molar refractivity (Wildman–Crippen MR) is 77.3 cm³/mol. The summed E-state index contributed by atoms with van der Waals surface area (Å²) in [7, 11) is -2.74. The van der Waals surface area contributed by atoms with Crippen LogP contribution in [0.5, 0.6) is 0 Å². The standard InChI is InChI=1S/C12H16N4O4S/c1-3-14-10-5-6-11(16(17)18)12(9-10)21(19,20)15(2)8-4-7-13/h5-6,9,14H,3-4,8H2,1-2H3. The van der Waals surface area contributed by atoms with E-state index in [0.717, 1.165) is 10.4 Å². The zero-order chi connectivity index (χ0) is 16.0. The van der Waals surface area contributed by atoms with Crippen LogP contribution in [0, 0.1) is 21.4 Å². The van der Waals surface area contributed by atoms with E-state index in [4.69, 9.17) is 5.26 Å². The molecule has 0 spiro atoms. The van der Waals surface area contributed by atoms with Crippen molar-refractivity contribution in [1.82, 2.24) is 4.31 Å². The molecule has 0 aliphatic rings. The summed E-state index contributed by atoms with van der Waals surface area (Å²) in [6.45, 7) is 2.36. The van der Waals surface area contributed by atoms with Crippen LogP contribution in [-0.2, 0) is 10.0 Å². The van der Waals surface area contributed by atoms with E-state index in [0.29, 0.717) is 12.2 Å². The molecule has 0 aliphatic heterocycles. The third-order valence-electron chi connectivity index (χ3n) is 2.76. The Kier molecular flexibility index (Phi) is 5.63. The molecule has 0 radical (unpaired) electrons. The summed E-state index contributed by atoms with van der Waals surface area (Å²) in [5.74, 6) is 0. The fourth-order valence-corrected chi connectivity index (χ4v) is 3.03. The van der Waals surface area contributed by atoms with Crippen molar-refractivity contribution in [2.45, 2.75) is 18.2 Å². The van der Waals surface area contributed by atoms with Crippen molar-refractivity contribution in [3.63, 3.8) is 0 Å². The van der Waals surface area contributed by atoms with Crippen LogP contribution in [0.15, 0.2) is 23.1 Å². The number of nitriles is 1. The molecule has 1 N–H and O–H groups in total. The molecule has 0 atom stereocenters. The molecule has 0 unspecified atom stereocenters. The third-order valence-corrected chi connectivity index (χ3v) is 4.65. The van der Waals surface area contributed by atoms with Gasteiger partial charge < -0.3 is 5.32 Å². The van der Waals surface area contributed by atoms with Crippen molar-refractivity contribution in [2.75, 3.05) is 25.5 Å². The van der Waals surface area contributed by atoms with Crippen LogP contribution >= 0.6 is 0 Å². The van der Waals surface area contributed by atoms with E-state index >= 15 is 0 Å². The van der Waals surface area contributed by atoms with Gasteiger partial charge in [0.25, 0.3) is 5.69 Å². The van der Waals surface area contributed by atoms with Crippen molar-refractivity contribution in [3.8, 4) is 6.07 Å². The number of hydrogen-bond donors (Lipinski definition) is 1. The first kappa shape index (κ1) is 16.9. The largest absolute Gasteiger partial charge is 0.385 e. The number of sulfonamides is 1. The number of benzene rings is 1. The minimum absolute atomic E-state index is 0.0103. The summed E-state index contributed by atoms with van der Waals surface area (Å²) in [5.41, 5.74) is -0.00387. The van der Waals surface area contributed by atoms with Crippen LogP contribution in [0.4, 0.5) is 11.4 Å². The molecule has 0 aromatic heterocycles. The van der Waals surface area contributed by atoms with Gasteiger partial charge in [-0.15, -0.1) is 0 Å². The summed E-state index contributed by atoms with van der Waals surface area (Å²) in [4.78, 5) is 9.91. The van der Waals surface area contributed by atoms with Gasteiger partial charge in [-0.3, -0.25) is 10.1 Å². The van der Waals surface area contributed by atoms with Crippen LogP contribution in [0.3, 0.4) is 0 Å². The highest BCUT2D eigenvalue weighted by atomic mass is 32.2. The van der Waals surface area contributed by atoms with Gasteiger partial charge in [0.15, 0.2) is 4.90 Å². The number of nitrogens with zero attached hydrogens (tertiary/aromatic N) is 3. The molecule has 0 saturated heterocycles. The van der Waals surface area contributed by atoms with Crippen molar-refractivity contribution >= 4 is 21.4 Å². The maximum absolute atomic E-state index is 12.4. The lowest BCUT2D eigenvalue weighted by atomic mass is 10.3. The van der Waals surface area contributed by atoms with Crippen LogP contribution < -0.4 is 5.32 Å². The second-order valence-corrected chi connectivity index (χ2v) is 6.22. The molecule has 0 saturated carbocycles. The number of anilines is 1. The summed E-state index contributed by atoms with van der Waals surface area (Å²) in [5, 5.41) is 22.5. The lowest BCUT2D eigenvalue weighted by molar-refractivity contribution is -0.387. The quantitative estimate of drug-likeness (QED) is 0.603. The predicted octanol–water partition coefficient (Wildman–Crippen LogP) is 1.56. The average molecular weight is 312 g/mol. The highest BCUT2D eigenvalue weighted by Gasteiger charge is 2.29. The molecule has 1 aromatic carbocycles. The lowest BCUT2D eigenvalue weighted by Crippen LogP contribution is -2.28. The van der Waals surface area contributed by atoms with E-state index in [1.165, 1.54) is 19.2 Å². The summed E-state index contributed by atoms with van der Waals surface area (Å²) >= 11 is 0. The molecule has 114 valence electrons. The van der Waals surface area contributed by atoms with Gasteiger partial charge in [-0.25, -0.2) is 8.42 Å². The Labute approximate surface area is 123 Å². The number of nitrogens with one attached hydrogen (secondary N) is 1. The normalized spacial score (nSPS) is 11.1. The van der Waals surface area contributed by atoms with Crippen LogP contribution in [-0.4, -0.2) is 37.8 Å². The van der Waals surface area contributed by atoms with Crippen LogP contribution in [0.2, 0.25) is 0 Å². The van der Waals surface area contributed by atoms with Crippen molar-refractivity contribution < 1.29 is 13.3 Å². The second kappa shape index (κ2) is 7.01. The molecule has 21 heavy (non-hydrogen) atoms. The van der Waals surface area contributed by atoms with Crippen LogP contribution in [0.1, 0.15) is 13.3 Å². The molecular weight excluding hydrogens is 296 g/mol. The maximum atomic E-state index is 12.4. The smallest absolute Gasteiger partial charge is 0.289 e. The molecule has 0 fully saturated rings. The Morgan fingerprint density at radius 1 is 1.48 bits per heavy atom. The number of hydrogen-bond acceptors (Lipinski definition) is 6. The van der Waals surface area contributed by atoms with Crippen molar-refractivity contribution in [1.29, 1.82) is 5.26 Å². The summed E-state index contributed by atoms with van der Waals surface area (Å²) in [6, 6.07) is 5.68. The minimum Gasteiger partial charge on any atom is -0.385 e. The van der Waals surface area contributed by atoms with E-state index in [-0.39, 0.29) is 17.9 Å². The van der Waals surface area contributed by atoms with E-state index in [9.17, 15) is 18.5 Å². The zero-order valence-electron chi connectivity index (χ0n) is 11.7.